The summed E-state index contributed by atoms with van der Waals surface area (Å²) in [5.74, 6) is 7.78. The second kappa shape index (κ2) is 7.90. The van der Waals surface area contributed by atoms with Gasteiger partial charge in [0.1, 0.15) is 5.82 Å². The Bertz CT molecular complexity index is 427. The van der Waals surface area contributed by atoms with Gasteiger partial charge in [0.05, 0.1) is 0 Å². The molecule has 6 heteroatoms. The molecule has 0 amide bonds. The number of thioether (sulfide) groups is 2. The van der Waals surface area contributed by atoms with Gasteiger partial charge in [-0.2, -0.15) is 23.5 Å². The van der Waals surface area contributed by atoms with Crippen LogP contribution in [0.3, 0.4) is 0 Å². The van der Waals surface area contributed by atoms with Crippen LogP contribution < -0.4 is 11.3 Å². The largest absolute Gasteiger partial charge is 0.271 e. The molecule has 2 rings (SSSR count). The predicted molar refractivity (Wildman–Crippen MR) is 89.0 cm³/mol. The van der Waals surface area contributed by atoms with Crippen molar-refractivity contribution in [3.05, 3.63) is 34.6 Å². The minimum absolute atomic E-state index is 0.0344. The van der Waals surface area contributed by atoms with E-state index in [9.17, 15) is 4.39 Å². The number of hydrazine groups is 1. The maximum absolute atomic E-state index is 13.9. The van der Waals surface area contributed by atoms with Gasteiger partial charge in [0.15, 0.2) is 0 Å². The van der Waals surface area contributed by atoms with Crippen molar-refractivity contribution in [3.63, 3.8) is 0 Å². The monoisotopic (exact) mass is 334 g/mol. The van der Waals surface area contributed by atoms with Gasteiger partial charge in [-0.1, -0.05) is 24.6 Å². The predicted octanol–water partition coefficient (Wildman–Crippen LogP) is 3.48. The van der Waals surface area contributed by atoms with Gasteiger partial charge in [0.25, 0.3) is 0 Å². The number of hydrogen-bond donors (Lipinski definition) is 2. The van der Waals surface area contributed by atoms with Crippen LogP contribution in [0.2, 0.25) is 5.02 Å². The number of rotatable bonds is 5. The van der Waals surface area contributed by atoms with Crippen molar-refractivity contribution in [3.8, 4) is 0 Å². The normalized spacial score (nSPS) is 24.6. The van der Waals surface area contributed by atoms with Crippen LogP contribution in [0.25, 0.3) is 0 Å². The Hall–Kier alpha value is 0.0600. The number of benzene rings is 1. The third-order valence-corrected chi connectivity index (χ3v) is 7.35. The van der Waals surface area contributed by atoms with E-state index in [1.54, 1.807) is 12.1 Å². The second-order valence-electron chi connectivity index (χ2n) is 4.83. The molecule has 1 saturated heterocycles. The first-order valence-electron chi connectivity index (χ1n) is 6.79. The van der Waals surface area contributed by atoms with Crippen molar-refractivity contribution < 1.29 is 4.39 Å². The van der Waals surface area contributed by atoms with Crippen molar-refractivity contribution in [2.45, 2.75) is 36.3 Å². The van der Waals surface area contributed by atoms with Crippen LogP contribution in [0.4, 0.5) is 4.39 Å². The first-order valence-corrected chi connectivity index (χ1v) is 9.27. The maximum Gasteiger partial charge on any atom is 0.127 e. The summed E-state index contributed by atoms with van der Waals surface area (Å²) in [7, 11) is 0. The van der Waals surface area contributed by atoms with Crippen molar-refractivity contribution >= 4 is 35.1 Å². The van der Waals surface area contributed by atoms with Gasteiger partial charge in [-0.25, -0.2) is 4.39 Å². The van der Waals surface area contributed by atoms with Crippen molar-refractivity contribution in [2.75, 3.05) is 11.5 Å². The Labute approximate surface area is 133 Å². The molecular weight excluding hydrogens is 315 g/mol. The first-order chi connectivity index (χ1) is 9.67. The zero-order valence-electron chi connectivity index (χ0n) is 11.4. The van der Waals surface area contributed by atoms with Crippen LogP contribution in [0.1, 0.15) is 18.9 Å². The Morgan fingerprint density at radius 3 is 2.85 bits per heavy atom. The fraction of sp³-hybridized carbons (Fsp3) is 0.571. The lowest BCUT2D eigenvalue weighted by Crippen LogP contribution is -2.49. The second-order valence-corrected chi connectivity index (χ2v) is 7.87. The molecule has 0 aromatic heterocycles. The Morgan fingerprint density at radius 1 is 1.45 bits per heavy atom. The van der Waals surface area contributed by atoms with E-state index in [1.165, 1.54) is 11.8 Å². The lowest BCUT2D eigenvalue weighted by Gasteiger charge is -2.35. The molecule has 20 heavy (non-hydrogen) atoms. The smallest absolute Gasteiger partial charge is 0.127 e. The molecule has 1 aliphatic rings. The minimum atomic E-state index is -0.251. The number of nitrogens with two attached hydrogens (primary N) is 1. The third kappa shape index (κ3) is 3.83. The molecule has 1 fully saturated rings. The molecule has 0 bridgehead atoms. The fourth-order valence-corrected chi connectivity index (χ4v) is 6.01. The SMILES string of the molecule is CCC1SCCSC1C(Cc1c(F)cccc1Cl)NN. The van der Waals surface area contributed by atoms with Crippen LogP contribution in [0.5, 0.6) is 0 Å². The van der Waals surface area contributed by atoms with E-state index < -0.39 is 0 Å². The molecule has 3 N–H and O–H groups in total. The summed E-state index contributed by atoms with van der Waals surface area (Å²) >= 11 is 10.0. The zero-order chi connectivity index (χ0) is 14.5. The van der Waals surface area contributed by atoms with Gasteiger partial charge in [0.2, 0.25) is 0 Å². The van der Waals surface area contributed by atoms with Crippen LogP contribution in [0, 0.1) is 5.82 Å². The molecule has 0 aliphatic carbocycles. The molecule has 3 unspecified atom stereocenters. The van der Waals surface area contributed by atoms with Gasteiger partial charge in [-0.3, -0.25) is 11.3 Å². The summed E-state index contributed by atoms with van der Waals surface area (Å²) in [5, 5.41) is 1.42. The molecule has 0 saturated carbocycles. The topological polar surface area (TPSA) is 38.0 Å². The van der Waals surface area contributed by atoms with E-state index in [2.05, 4.69) is 12.3 Å². The van der Waals surface area contributed by atoms with Gasteiger partial charge < -0.3 is 0 Å². The van der Waals surface area contributed by atoms with Crippen molar-refractivity contribution in [2.24, 2.45) is 5.84 Å². The summed E-state index contributed by atoms with van der Waals surface area (Å²) in [6.07, 6.45) is 1.63. The van der Waals surface area contributed by atoms with Gasteiger partial charge >= 0.3 is 0 Å². The minimum Gasteiger partial charge on any atom is -0.271 e. The quantitative estimate of drug-likeness (QED) is 0.638. The number of nitrogens with one attached hydrogen (secondary N) is 1. The van der Waals surface area contributed by atoms with E-state index in [1.807, 2.05) is 23.5 Å². The highest BCUT2D eigenvalue weighted by Gasteiger charge is 2.32. The molecule has 1 aromatic rings. The number of halogens is 2. The molecule has 1 aromatic carbocycles. The first kappa shape index (κ1) is 16.4. The van der Waals surface area contributed by atoms with Crippen molar-refractivity contribution in [1.82, 2.24) is 5.43 Å². The fourth-order valence-electron chi connectivity index (χ4n) is 2.53. The van der Waals surface area contributed by atoms with E-state index >= 15 is 0 Å². The summed E-state index contributed by atoms with van der Waals surface area (Å²) < 4.78 is 13.9. The van der Waals surface area contributed by atoms with E-state index in [4.69, 9.17) is 17.4 Å². The van der Waals surface area contributed by atoms with Crippen LogP contribution in [0.15, 0.2) is 18.2 Å². The van der Waals surface area contributed by atoms with Crippen molar-refractivity contribution in [1.29, 1.82) is 0 Å². The Balaban J connectivity index is 2.15. The molecule has 2 nitrogen and oxygen atoms in total. The van der Waals surface area contributed by atoms with Crippen LogP contribution >= 0.6 is 35.1 Å². The average molecular weight is 335 g/mol. The standard InChI is InChI=1S/C14H20ClFN2S2/c1-2-13-14(20-7-6-19-13)12(18-17)8-9-10(15)4-3-5-11(9)16/h3-5,12-14,18H,2,6-8,17H2,1H3. The molecule has 0 spiro atoms. The highest BCUT2D eigenvalue weighted by Crippen LogP contribution is 2.36. The van der Waals surface area contributed by atoms with Crippen LogP contribution in [-0.4, -0.2) is 28.0 Å². The summed E-state index contributed by atoms with van der Waals surface area (Å²) in [5.41, 5.74) is 3.44. The maximum atomic E-state index is 13.9. The van der Waals surface area contributed by atoms with E-state index in [0.29, 0.717) is 27.5 Å². The lowest BCUT2D eigenvalue weighted by molar-refractivity contribution is 0.480. The molecule has 1 heterocycles. The molecule has 1 aliphatic heterocycles. The van der Waals surface area contributed by atoms with Gasteiger partial charge in [0, 0.05) is 38.6 Å². The molecule has 3 atom stereocenters. The van der Waals surface area contributed by atoms with Gasteiger partial charge in [-0.15, -0.1) is 0 Å². The third-order valence-electron chi connectivity index (χ3n) is 3.59. The van der Waals surface area contributed by atoms with E-state index in [-0.39, 0.29) is 11.9 Å². The molecular formula is C14H20ClFN2S2. The highest BCUT2D eigenvalue weighted by molar-refractivity contribution is 8.07. The zero-order valence-corrected chi connectivity index (χ0v) is 13.8. The summed E-state index contributed by atoms with van der Waals surface area (Å²) in [6, 6.07) is 4.85. The number of hydrogen-bond acceptors (Lipinski definition) is 4. The van der Waals surface area contributed by atoms with Crippen LogP contribution in [-0.2, 0) is 6.42 Å². The van der Waals surface area contributed by atoms with Gasteiger partial charge in [-0.05, 0) is 25.0 Å². The average Bonchev–Trinajstić information content (AvgIpc) is 2.47. The Kier molecular flexibility index (Phi) is 6.49. The Morgan fingerprint density at radius 2 is 2.20 bits per heavy atom. The summed E-state index contributed by atoms with van der Waals surface area (Å²) in [4.78, 5) is 0. The van der Waals surface area contributed by atoms with E-state index in [0.717, 1.165) is 12.2 Å². The molecule has 112 valence electrons. The molecule has 0 radical (unpaired) electrons. The summed E-state index contributed by atoms with van der Waals surface area (Å²) in [6.45, 7) is 2.19. The lowest BCUT2D eigenvalue weighted by atomic mass is 10.00. The highest BCUT2D eigenvalue weighted by atomic mass is 35.5.